The number of nitrogen functional groups attached to an aromatic ring is 1. The maximum Gasteiger partial charge on any atom is 0.227 e. The van der Waals surface area contributed by atoms with Crippen LogP contribution in [0.1, 0.15) is 25.3 Å². The molecule has 0 radical (unpaired) electrons. The van der Waals surface area contributed by atoms with Crippen LogP contribution in [0.4, 0.5) is 11.4 Å². The molecule has 16 heavy (non-hydrogen) atoms. The van der Waals surface area contributed by atoms with Crippen molar-refractivity contribution in [3.8, 4) is 0 Å². The fraction of sp³-hybridized carbons (Fsp3) is 0.462. The van der Waals surface area contributed by atoms with Gasteiger partial charge in [0.2, 0.25) is 5.91 Å². The number of nitrogens with zero attached hydrogens (tertiary/aromatic N) is 1. The average molecular weight is 218 g/mol. The zero-order valence-electron chi connectivity index (χ0n) is 9.86. The van der Waals surface area contributed by atoms with Gasteiger partial charge in [-0.05, 0) is 37.0 Å². The van der Waals surface area contributed by atoms with E-state index in [-0.39, 0.29) is 5.91 Å². The smallest absolute Gasteiger partial charge is 0.227 e. The third-order valence-electron chi connectivity index (χ3n) is 3.24. The molecule has 3 heteroatoms. The molecule has 0 bridgehead atoms. The number of benzene rings is 1. The molecule has 1 fully saturated rings. The summed E-state index contributed by atoms with van der Waals surface area (Å²) in [4.78, 5) is 13.7. The molecule has 2 rings (SSSR count). The summed E-state index contributed by atoms with van der Waals surface area (Å²) < 4.78 is 0. The van der Waals surface area contributed by atoms with Gasteiger partial charge in [0.1, 0.15) is 0 Å². The normalized spacial score (nSPS) is 21.2. The lowest BCUT2D eigenvalue weighted by Crippen LogP contribution is -2.38. The maximum atomic E-state index is 11.9. The number of hydrogen-bond donors (Lipinski definition) is 1. The zero-order chi connectivity index (χ0) is 11.7. The Balaban J connectivity index is 2.24. The van der Waals surface area contributed by atoms with E-state index in [1.165, 1.54) is 0 Å². The topological polar surface area (TPSA) is 46.3 Å². The van der Waals surface area contributed by atoms with Gasteiger partial charge in [-0.2, -0.15) is 0 Å². The van der Waals surface area contributed by atoms with Crippen molar-refractivity contribution < 1.29 is 4.79 Å². The molecule has 0 aromatic heterocycles. The van der Waals surface area contributed by atoms with Gasteiger partial charge in [-0.3, -0.25) is 4.79 Å². The highest BCUT2D eigenvalue weighted by Gasteiger charge is 2.24. The van der Waals surface area contributed by atoms with Gasteiger partial charge in [-0.25, -0.2) is 0 Å². The van der Waals surface area contributed by atoms with Gasteiger partial charge < -0.3 is 10.6 Å². The first kappa shape index (κ1) is 11.0. The highest BCUT2D eigenvalue weighted by atomic mass is 16.2. The molecule has 0 aliphatic carbocycles. The summed E-state index contributed by atoms with van der Waals surface area (Å²) in [6.45, 7) is 4.90. The van der Waals surface area contributed by atoms with E-state index in [0.29, 0.717) is 12.3 Å². The number of piperidine rings is 1. The molecule has 1 aromatic rings. The Labute approximate surface area is 96.2 Å². The molecule has 1 aliphatic rings. The van der Waals surface area contributed by atoms with Gasteiger partial charge in [0.15, 0.2) is 0 Å². The molecular weight excluding hydrogens is 200 g/mol. The van der Waals surface area contributed by atoms with Crippen molar-refractivity contribution in [2.45, 2.75) is 26.7 Å². The van der Waals surface area contributed by atoms with E-state index in [9.17, 15) is 4.79 Å². The lowest BCUT2D eigenvalue weighted by Gasteiger charge is -2.30. The molecule has 2 N–H and O–H groups in total. The number of nitrogens with two attached hydrogens (primary N) is 1. The van der Waals surface area contributed by atoms with Crippen molar-refractivity contribution in [3.63, 3.8) is 0 Å². The summed E-state index contributed by atoms with van der Waals surface area (Å²) in [5.41, 5.74) is 8.60. The molecule has 1 heterocycles. The molecule has 3 nitrogen and oxygen atoms in total. The summed E-state index contributed by atoms with van der Waals surface area (Å²) >= 11 is 0. The van der Waals surface area contributed by atoms with Crippen LogP contribution >= 0.6 is 0 Å². The second-order valence-electron chi connectivity index (χ2n) is 4.68. The minimum Gasteiger partial charge on any atom is -0.398 e. The minimum absolute atomic E-state index is 0.210. The number of rotatable bonds is 1. The van der Waals surface area contributed by atoms with Crippen LogP contribution in [0, 0.1) is 12.8 Å². The number of amides is 1. The molecule has 0 spiro atoms. The Morgan fingerprint density at radius 3 is 2.81 bits per heavy atom. The van der Waals surface area contributed by atoms with Crippen molar-refractivity contribution in [3.05, 3.63) is 23.8 Å². The summed E-state index contributed by atoms with van der Waals surface area (Å²) in [5.74, 6) is 0.716. The highest BCUT2D eigenvalue weighted by Crippen LogP contribution is 2.26. The lowest BCUT2D eigenvalue weighted by molar-refractivity contribution is -0.120. The third-order valence-corrected chi connectivity index (χ3v) is 3.24. The second-order valence-corrected chi connectivity index (χ2v) is 4.68. The molecule has 1 aliphatic heterocycles. The molecular formula is C13H18N2O. The lowest BCUT2D eigenvalue weighted by atomic mass is 9.98. The fourth-order valence-corrected chi connectivity index (χ4v) is 2.05. The quantitative estimate of drug-likeness (QED) is 0.735. The van der Waals surface area contributed by atoms with E-state index in [1.54, 1.807) is 0 Å². The first-order valence-electron chi connectivity index (χ1n) is 5.74. The van der Waals surface area contributed by atoms with Gasteiger partial charge in [-0.15, -0.1) is 0 Å². The maximum absolute atomic E-state index is 11.9. The molecule has 1 atom stereocenters. The van der Waals surface area contributed by atoms with Crippen LogP contribution in [0.5, 0.6) is 0 Å². The van der Waals surface area contributed by atoms with E-state index in [0.717, 1.165) is 29.9 Å². The predicted octanol–water partition coefficient (Wildman–Crippen LogP) is 2.34. The second kappa shape index (κ2) is 4.16. The number of carbonyl (C=O) groups excluding carboxylic acids is 1. The van der Waals surface area contributed by atoms with E-state index in [2.05, 4.69) is 6.92 Å². The molecule has 0 saturated carbocycles. The Morgan fingerprint density at radius 2 is 2.19 bits per heavy atom. The van der Waals surface area contributed by atoms with E-state index >= 15 is 0 Å². The minimum atomic E-state index is 0.210. The number of anilines is 2. The molecule has 1 aromatic carbocycles. The van der Waals surface area contributed by atoms with Gasteiger partial charge in [0.25, 0.3) is 0 Å². The Hall–Kier alpha value is -1.51. The van der Waals surface area contributed by atoms with Crippen molar-refractivity contribution in [2.75, 3.05) is 17.2 Å². The summed E-state index contributed by atoms with van der Waals surface area (Å²) in [7, 11) is 0. The van der Waals surface area contributed by atoms with Gasteiger partial charge in [-0.1, -0.05) is 13.0 Å². The number of hydrogen-bond acceptors (Lipinski definition) is 2. The molecule has 1 amide bonds. The summed E-state index contributed by atoms with van der Waals surface area (Å²) in [6.07, 6.45) is 1.72. The van der Waals surface area contributed by atoms with Crippen LogP contribution in [-0.4, -0.2) is 12.5 Å². The predicted molar refractivity (Wildman–Crippen MR) is 66.3 cm³/mol. The molecule has 1 saturated heterocycles. The third kappa shape index (κ3) is 2.03. The first-order chi connectivity index (χ1) is 7.58. The zero-order valence-corrected chi connectivity index (χ0v) is 9.86. The van der Waals surface area contributed by atoms with E-state index in [1.807, 2.05) is 30.0 Å². The van der Waals surface area contributed by atoms with Crippen molar-refractivity contribution in [1.82, 2.24) is 0 Å². The first-order valence-corrected chi connectivity index (χ1v) is 5.74. The average Bonchev–Trinajstić information content (AvgIpc) is 2.22. The van der Waals surface area contributed by atoms with Crippen LogP contribution < -0.4 is 10.6 Å². The van der Waals surface area contributed by atoms with E-state index in [4.69, 9.17) is 5.73 Å². The monoisotopic (exact) mass is 218 g/mol. The number of carbonyl (C=O) groups is 1. The van der Waals surface area contributed by atoms with Crippen LogP contribution in [0.2, 0.25) is 0 Å². The van der Waals surface area contributed by atoms with Crippen molar-refractivity contribution >= 4 is 17.3 Å². The number of aryl methyl sites for hydroxylation is 1. The van der Waals surface area contributed by atoms with Crippen LogP contribution in [0.3, 0.4) is 0 Å². The molecule has 86 valence electrons. The largest absolute Gasteiger partial charge is 0.398 e. The highest BCUT2D eigenvalue weighted by molar-refractivity contribution is 5.94. The Kier molecular flexibility index (Phi) is 2.86. The van der Waals surface area contributed by atoms with Gasteiger partial charge in [0, 0.05) is 24.3 Å². The Bertz CT molecular complexity index is 414. The summed E-state index contributed by atoms with van der Waals surface area (Å²) in [6, 6.07) is 5.83. The standard InChI is InChI=1S/C13H18N2O/c1-9-5-6-15(13(16)7-9)11-4-3-10(2)12(14)8-11/h3-4,8-9H,5-7,14H2,1-2H3. The van der Waals surface area contributed by atoms with Crippen molar-refractivity contribution in [2.24, 2.45) is 5.92 Å². The fourth-order valence-electron chi connectivity index (χ4n) is 2.05. The van der Waals surface area contributed by atoms with Crippen LogP contribution in [-0.2, 0) is 4.79 Å². The summed E-state index contributed by atoms with van der Waals surface area (Å²) in [5, 5.41) is 0. The van der Waals surface area contributed by atoms with E-state index < -0.39 is 0 Å². The van der Waals surface area contributed by atoms with Crippen LogP contribution in [0.25, 0.3) is 0 Å². The molecule has 1 unspecified atom stereocenters. The SMILES string of the molecule is Cc1ccc(N2CCC(C)CC2=O)cc1N. The van der Waals surface area contributed by atoms with Gasteiger partial charge >= 0.3 is 0 Å². The Morgan fingerprint density at radius 1 is 1.44 bits per heavy atom. The van der Waals surface area contributed by atoms with Gasteiger partial charge in [0.05, 0.1) is 0 Å². The van der Waals surface area contributed by atoms with Crippen LogP contribution in [0.15, 0.2) is 18.2 Å². The van der Waals surface area contributed by atoms with Crippen molar-refractivity contribution in [1.29, 1.82) is 0 Å².